The molecule has 3 aliphatic rings. The minimum absolute atomic E-state index is 0.109. The first-order chi connectivity index (χ1) is 20.2. The first kappa shape index (κ1) is 39.9. The maximum absolute atomic E-state index is 12.8. The topological polar surface area (TPSA) is 87.8 Å². The van der Waals surface area contributed by atoms with Gasteiger partial charge in [-0.15, -0.1) is 0 Å². The number of nitrogens with zero attached hydrogens (tertiary/aromatic N) is 2. The average molecular weight is 603 g/mol. The van der Waals surface area contributed by atoms with Gasteiger partial charge >= 0.3 is 0 Å². The van der Waals surface area contributed by atoms with Crippen molar-refractivity contribution in [3.63, 3.8) is 0 Å². The van der Waals surface area contributed by atoms with Gasteiger partial charge in [0.05, 0.1) is 6.42 Å². The van der Waals surface area contributed by atoms with E-state index in [1.165, 1.54) is 25.7 Å². The van der Waals surface area contributed by atoms with Crippen molar-refractivity contribution in [1.82, 2.24) is 9.62 Å². The van der Waals surface area contributed by atoms with E-state index in [0.717, 1.165) is 67.2 Å². The summed E-state index contributed by atoms with van der Waals surface area (Å²) in [5.74, 6) is 1.98. The molecule has 2 heterocycles. The van der Waals surface area contributed by atoms with Crippen LogP contribution >= 0.6 is 11.9 Å². The Morgan fingerprint density at radius 1 is 1.05 bits per heavy atom. The number of rotatable bonds is 6. The van der Waals surface area contributed by atoms with Crippen molar-refractivity contribution in [2.45, 2.75) is 133 Å². The number of nitrogens with two attached hydrogens (primary N) is 1. The van der Waals surface area contributed by atoms with Gasteiger partial charge in [0.25, 0.3) is 5.91 Å². The average Bonchev–Trinajstić information content (AvgIpc) is 3.29. The zero-order chi connectivity index (χ0) is 32.1. The molecule has 0 atom stereocenters. The number of benzene rings is 1. The molecule has 2 fully saturated rings. The van der Waals surface area contributed by atoms with Gasteiger partial charge in [-0.25, -0.2) is 4.31 Å². The highest BCUT2D eigenvalue weighted by Gasteiger charge is 2.47. The summed E-state index contributed by atoms with van der Waals surface area (Å²) >= 11 is 1.69. The van der Waals surface area contributed by atoms with Crippen LogP contribution in [0.2, 0.25) is 0 Å². The Bertz CT molecular complexity index is 958. The fourth-order valence-electron chi connectivity index (χ4n) is 4.99. The van der Waals surface area contributed by atoms with Crippen LogP contribution in [0.25, 0.3) is 6.08 Å². The van der Waals surface area contributed by atoms with Crippen LogP contribution in [0.4, 0.5) is 0 Å². The smallest absolute Gasteiger partial charge is 0.253 e. The summed E-state index contributed by atoms with van der Waals surface area (Å²) in [6, 6.07) is 6.00. The molecule has 0 bridgehead atoms. The molecule has 1 aromatic carbocycles. The highest BCUT2D eigenvalue weighted by molar-refractivity contribution is 8.00. The number of amides is 2. The predicted molar refractivity (Wildman–Crippen MR) is 186 cm³/mol. The Balaban J connectivity index is 0.00000150. The van der Waals surface area contributed by atoms with Crippen molar-refractivity contribution >= 4 is 35.7 Å². The summed E-state index contributed by atoms with van der Waals surface area (Å²) in [5.41, 5.74) is 7.93. The van der Waals surface area contributed by atoms with Crippen LogP contribution in [-0.4, -0.2) is 40.6 Å². The second-order valence-corrected chi connectivity index (χ2v) is 12.0. The number of aliphatic imine (C=N–C) groups is 1. The van der Waals surface area contributed by atoms with E-state index >= 15 is 0 Å². The Morgan fingerprint density at radius 3 is 2.10 bits per heavy atom. The molecule has 0 radical (unpaired) electrons. The molecule has 2 aliphatic heterocycles. The Hall–Kier alpha value is -2.12. The van der Waals surface area contributed by atoms with Crippen molar-refractivity contribution in [1.29, 1.82) is 0 Å². The predicted octanol–water partition coefficient (Wildman–Crippen LogP) is 8.72. The largest absolute Gasteiger partial charge is 0.369 e. The highest BCUT2D eigenvalue weighted by Crippen LogP contribution is 2.36. The zero-order valence-corrected chi connectivity index (χ0v) is 29.3. The zero-order valence-electron chi connectivity index (χ0n) is 28.5. The van der Waals surface area contributed by atoms with E-state index in [2.05, 4.69) is 55.7 Å². The molecular weight excluding hydrogens is 540 g/mol. The Kier molecular flexibility index (Phi) is 21.3. The standard InChI is InChI=1S/C25H34N4O2S.2C3H8.2C2H6/c1-17-3-6-21(7-4-17)23-27-24(31)25(28-23)10-12-29(13-11-25)32-14-9-20-8-5-19(15-18(20)2)16-22(26)30;2*1-3-2;2*1-2/h5,8-9,14-15,17,21H,3-4,6-7,10-13,16H2,1-2H3,(H2,26,30)(H,27,28,31);2*3H2,1-2H3;2*1-2H3/b14-9+;;;;. The molecule has 0 aromatic heterocycles. The first-order valence-electron chi connectivity index (χ1n) is 16.5. The second kappa shape index (κ2) is 22.4. The van der Waals surface area contributed by atoms with Crippen LogP contribution in [0.1, 0.15) is 130 Å². The molecule has 240 valence electrons. The molecule has 4 rings (SSSR count). The van der Waals surface area contributed by atoms with Gasteiger partial charge in [0.2, 0.25) is 5.91 Å². The lowest BCUT2D eigenvalue weighted by Crippen LogP contribution is -2.47. The lowest BCUT2D eigenvalue weighted by molar-refractivity contribution is -0.125. The number of carbonyl (C=O) groups is 2. The maximum Gasteiger partial charge on any atom is 0.253 e. The molecular formula is C35H62N4O2S. The minimum Gasteiger partial charge on any atom is -0.369 e. The summed E-state index contributed by atoms with van der Waals surface area (Å²) in [7, 11) is 0. The number of amidine groups is 1. The van der Waals surface area contributed by atoms with Gasteiger partial charge < -0.3 is 11.1 Å². The van der Waals surface area contributed by atoms with Gasteiger partial charge in [-0.05, 0) is 66.7 Å². The van der Waals surface area contributed by atoms with E-state index < -0.39 is 5.54 Å². The van der Waals surface area contributed by atoms with Crippen molar-refractivity contribution in [2.75, 3.05) is 13.1 Å². The summed E-state index contributed by atoms with van der Waals surface area (Å²) in [4.78, 5) is 28.9. The number of hydrogen-bond acceptors (Lipinski definition) is 5. The quantitative estimate of drug-likeness (QED) is 0.319. The van der Waals surface area contributed by atoms with Gasteiger partial charge in [0.1, 0.15) is 11.4 Å². The van der Waals surface area contributed by atoms with Crippen molar-refractivity contribution in [3.8, 4) is 0 Å². The second-order valence-electron chi connectivity index (χ2n) is 11.0. The van der Waals surface area contributed by atoms with Crippen molar-refractivity contribution in [2.24, 2.45) is 22.6 Å². The van der Waals surface area contributed by atoms with E-state index in [0.29, 0.717) is 5.92 Å². The first-order valence-corrected chi connectivity index (χ1v) is 17.4. The van der Waals surface area contributed by atoms with E-state index in [9.17, 15) is 9.59 Å². The number of primary amides is 1. The molecule has 42 heavy (non-hydrogen) atoms. The molecule has 3 N–H and O–H groups in total. The van der Waals surface area contributed by atoms with E-state index in [1.807, 2.05) is 52.8 Å². The fraction of sp³-hybridized carbons (Fsp3) is 0.686. The number of aryl methyl sites for hydroxylation is 1. The number of piperidine rings is 1. The highest BCUT2D eigenvalue weighted by atomic mass is 32.2. The third-order valence-electron chi connectivity index (χ3n) is 7.12. The SMILES string of the molecule is CC.CC.CCC.CCC.Cc1cc(CC(N)=O)ccc1/C=C/SN1CCC2(CC1)N=C(C1CCC(C)CC1)NC2=O. The van der Waals surface area contributed by atoms with E-state index in [-0.39, 0.29) is 18.2 Å². The van der Waals surface area contributed by atoms with Gasteiger partial charge in [-0.1, -0.05) is 118 Å². The molecule has 1 aliphatic carbocycles. The molecule has 1 aromatic rings. The van der Waals surface area contributed by atoms with E-state index in [4.69, 9.17) is 10.7 Å². The molecule has 1 saturated carbocycles. The minimum atomic E-state index is -0.550. The lowest BCUT2D eigenvalue weighted by atomic mass is 9.82. The van der Waals surface area contributed by atoms with Gasteiger partial charge in [0, 0.05) is 19.0 Å². The number of nitrogens with one attached hydrogen (secondary N) is 1. The van der Waals surface area contributed by atoms with E-state index in [1.54, 1.807) is 11.9 Å². The van der Waals surface area contributed by atoms with Crippen LogP contribution in [0.3, 0.4) is 0 Å². The summed E-state index contributed by atoms with van der Waals surface area (Å²) < 4.78 is 2.31. The third-order valence-corrected chi connectivity index (χ3v) is 8.04. The fourth-order valence-corrected chi connectivity index (χ4v) is 5.77. The van der Waals surface area contributed by atoms with Crippen LogP contribution in [0.15, 0.2) is 28.6 Å². The summed E-state index contributed by atoms with van der Waals surface area (Å²) in [5, 5.41) is 5.24. The molecule has 0 unspecified atom stereocenters. The normalized spacial score (nSPS) is 20.8. The monoisotopic (exact) mass is 602 g/mol. The van der Waals surface area contributed by atoms with Gasteiger partial charge in [0.15, 0.2) is 0 Å². The van der Waals surface area contributed by atoms with Crippen LogP contribution in [0, 0.1) is 18.8 Å². The maximum atomic E-state index is 12.8. The Morgan fingerprint density at radius 2 is 1.60 bits per heavy atom. The molecule has 7 heteroatoms. The van der Waals surface area contributed by atoms with Crippen LogP contribution < -0.4 is 11.1 Å². The lowest BCUT2D eigenvalue weighted by Gasteiger charge is -2.34. The number of carbonyl (C=O) groups excluding carboxylic acids is 2. The van der Waals surface area contributed by atoms with Crippen LogP contribution in [0.5, 0.6) is 0 Å². The summed E-state index contributed by atoms with van der Waals surface area (Å²) in [6.45, 7) is 22.5. The van der Waals surface area contributed by atoms with Gasteiger partial charge in [-0.3, -0.25) is 14.6 Å². The summed E-state index contributed by atoms with van der Waals surface area (Å²) in [6.07, 6.45) is 11.2. The van der Waals surface area contributed by atoms with Crippen molar-refractivity contribution < 1.29 is 9.59 Å². The van der Waals surface area contributed by atoms with Gasteiger partial charge in [-0.2, -0.15) is 0 Å². The molecule has 1 saturated heterocycles. The molecule has 6 nitrogen and oxygen atoms in total. The Labute approximate surface area is 262 Å². The third kappa shape index (κ3) is 13.5. The molecule has 1 spiro atoms. The molecule has 2 amide bonds. The number of hydrogen-bond donors (Lipinski definition) is 2. The van der Waals surface area contributed by atoms with Crippen LogP contribution in [-0.2, 0) is 16.0 Å². The van der Waals surface area contributed by atoms with Crippen molar-refractivity contribution in [3.05, 3.63) is 40.3 Å².